The molecular formula is C8H11N3O3S. The SMILES string of the molecule is CN(C)S(=O)(=O)n1cnc(C=CC=O)c1. The fourth-order valence-electron chi connectivity index (χ4n) is 0.859. The maximum atomic E-state index is 11.6. The summed E-state index contributed by atoms with van der Waals surface area (Å²) in [4.78, 5) is 13.9. The van der Waals surface area contributed by atoms with Crippen LogP contribution in [0.4, 0.5) is 0 Å². The van der Waals surface area contributed by atoms with Crippen molar-refractivity contribution in [3.8, 4) is 0 Å². The van der Waals surface area contributed by atoms with E-state index in [1.54, 1.807) is 0 Å². The van der Waals surface area contributed by atoms with Crippen LogP contribution in [0.1, 0.15) is 5.69 Å². The molecule has 0 saturated carbocycles. The van der Waals surface area contributed by atoms with Crippen LogP contribution in [0.15, 0.2) is 18.6 Å². The van der Waals surface area contributed by atoms with Gasteiger partial charge < -0.3 is 0 Å². The molecular weight excluding hydrogens is 218 g/mol. The van der Waals surface area contributed by atoms with Crippen molar-refractivity contribution in [1.29, 1.82) is 0 Å². The van der Waals surface area contributed by atoms with Gasteiger partial charge in [0.05, 0.1) is 5.69 Å². The Labute approximate surface area is 88.0 Å². The number of aldehydes is 1. The van der Waals surface area contributed by atoms with E-state index in [0.717, 1.165) is 8.28 Å². The van der Waals surface area contributed by atoms with Gasteiger partial charge in [0.25, 0.3) is 0 Å². The van der Waals surface area contributed by atoms with E-state index in [2.05, 4.69) is 4.98 Å². The van der Waals surface area contributed by atoms with Crippen LogP contribution in [0.3, 0.4) is 0 Å². The number of hydrogen-bond donors (Lipinski definition) is 0. The van der Waals surface area contributed by atoms with Gasteiger partial charge in [0.1, 0.15) is 12.6 Å². The lowest BCUT2D eigenvalue weighted by Gasteiger charge is -2.10. The summed E-state index contributed by atoms with van der Waals surface area (Å²) in [6.07, 6.45) is 5.78. The topological polar surface area (TPSA) is 72.3 Å². The average molecular weight is 229 g/mol. The largest absolute Gasteiger partial charge is 0.308 e. The smallest absolute Gasteiger partial charge is 0.299 e. The molecule has 0 atom stereocenters. The molecule has 0 aromatic carbocycles. The molecule has 82 valence electrons. The Hall–Kier alpha value is -1.47. The minimum absolute atomic E-state index is 0.410. The minimum Gasteiger partial charge on any atom is -0.299 e. The zero-order chi connectivity index (χ0) is 11.5. The standard InChI is InChI=1S/C8H11N3O3S/c1-10(2)15(13,14)11-6-8(9-7-11)4-3-5-12/h3-7H,1-2H3. The molecule has 0 spiro atoms. The van der Waals surface area contributed by atoms with Gasteiger partial charge in [-0.05, 0) is 12.2 Å². The third-order valence-electron chi connectivity index (χ3n) is 1.65. The maximum Gasteiger partial charge on any atom is 0.308 e. The van der Waals surface area contributed by atoms with Gasteiger partial charge in [-0.15, -0.1) is 0 Å². The first kappa shape index (κ1) is 11.6. The summed E-state index contributed by atoms with van der Waals surface area (Å²) >= 11 is 0. The fraction of sp³-hybridized carbons (Fsp3) is 0.250. The van der Waals surface area contributed by atoms with Crippen LogP contribution in [0.5, 0.6) is 0 Å². The summed E-state index contributed by atoms with van der Waals surface area (Å²) in [5, 5.41) is 0. The molecule has 0 radical (unpaired) electrons. The van der Waals surface area contributed by atoms with E-state index in [9.17, 15) is 13.2 Å². The molecule has 0 unspecified atom stereocenters. The zero-order valence-electron chi connectivity index (χ0n) is 8.36. The van der Waals surface area contributed by atoms with Crippen LogP contribution in [0.25, 0.3) is 6.08 Å². The van der Waals surface area contributed by atoms with Gasteiger partial charge in [-0.2, -0.15) is 12.7 Å². The molecule has 0 N–H and O–H groups in total. The predicted molar refractivity (Wildman–Crippen MR) is 55.3 cm³/mol. The molecule has 7 heteroatoms. The van der Waals surface area contributed by atoms with Crippen LogP contribution in [0.2, 0.25) is 0 Å². The average Bonchev–Trinajstić information content (AvgIpc) is 2.63. The Kier molecular flexibility index (Phi) is 3.38. The molecule has 1 aromatic rings. The van der Waals surface area contributed by atoms with E-state index >= 15 is 0 Å². The predicted octanol–water partition coefficient (Wildman–Crippen LogP) is -0.250. The van der Waals surface area contributed by atoms with Gasteiger partial charge in [-0.25, -0.2) is 8.96 Å². The highest BCUT2D eigenvalue weighted by Crippen LogP contribution is 2.04. The van der Waals surface area contributed by atoms with E-state index in [1.807, 2.05) is 0 Å². The number of hydrogen-bond acceptors (Lipinski definition) is 4. The first-order chi connectivity index (χ1) is 6.98. The fourth-order valence-corrected chi connectivity index (χ4v) is 1.64. The lowest BCUT2D eigenvalue weighted by atomic mass is 10.4. The first-order valence-electron chi connectivity index (χ1n) is 4.07. The number of imidazole rings is 1. The van der Waals surface area contributed by atoms with E-state index in [1.165, 1.54) is 38.8 Å². The number of allylic oxidation sites excluding steroid dienone is 1. The van der Waals surface area contributed by atoms with Crippen molar-refractivity contribution in [3.63, 3.8) is 0 Å². The third kappa shape index (κ3) is 2.51. The van der Waals surface area contributed by atoms with Crippen molar-refractivity contribution in [3.05, 3.63) is 24.3 Å². The summed E-state index contributed by atoms with van der Waals surface area (Å²) in [7, 11) is -0.662. The van der Waals surface area contributed by atoms with Crippen LogP contribution < -0.4 is 0 Å². The zero-order valence-corrected chi connectivity index (χ0v) is 9.18. The Morgan fingerprint density at radius 1 is 1.47 bits per heavy atom. The molecule has 0 saturated heterocycles. The molecule has 0 aliphatic heterocycles. The maximum absolute atomic E-state index is 11.6. The quantitative estimate of drug-likeness (QED) is 0.527. The molecule has 1 aromatic heterocycles. The van der Waals surface area contributed by atoms with Gasteiger partial charge >= 0.3 is 10.2 Å². The molecule has 6 nitrogen and oxygen atoms in total. The second-order valence-electron chi connectivity index (χ2n) is 2.91. The summed E-state index contributed by atoms with van der Waals surface area (Å²) in [6, 6.07) is 0. The Morgan fingerprint density at radius 2 is 2.13 bits per heavy atom. The third-order valence-corrected chi connectivity index (χ3v) is 3.31. The summed E-state index contributed by atoms with van der Waals surface area (Å²) in [6.45, 7) is 0. The van der Waals surface area contributed by atoms with Crippen molar-refractivity contribution in [2.24, 2.45) is 0 Å². The monoisotopic (exact) mass is 229 g/mol. The molecule has 0 aliphatic carbocycles. The number of carbonyl (C=O) groups excluding carboxylic acids is 1. The van der Waals surface area contributed by atoms with Crippen molar-refractivity contribution in [2.45, 2.75) is 0 Å². The van der Waals surface area contributed by atoms with Crippen LogP contribution in [0, 0.1) is 0 Å². The highest BCUT2D eigenvalue weighted by molar-refractivity contribution is 7.87. The van der Waals surface area contributed by atoms with Gasteiger partial charge in [-0.3, -0.25) is 4.79 Å². The summed E-state index contributed by atoms with van der Waals surface area (Å²) in [5.41, 5.74) is 0.410. The lowest BCUT2D eigenvalue weighted by Crippen LogP contribution is -2.27. The molecule has 0 aliphatic rings. The van der Waals surface area contributed by atoms with E-state index < -0.39 is 10.2 Å². The van der Waals surface area contributed by atoms with E-state index in [-0.39, 0.29) is 0 Å². The van der Waals surface area contributed by atoms with Gasteiger partial charge in [0.15, 0.2) is 0 Å². The Bertz CT molecular complexity index is 473. The molecule has 15 heavy (non-hydrogen) atoms. The van der Waals surface area contributed by atoms with Gasteiger partial charge in [0.2, 0.25) is 0 Å². The van der Waals surface area contributed by atoms with Crippen molar-refractivity contribution >= 4 is 22.6 Å². The van der Waals surface area contributed by atoms with Crippen molar-refractivity contribution in [1.82, 2.24) is 13.3 Å². The van der Waals surface area contributed by atoms with Crippen molar-refractivity contribution < 1.29 is 13.2 Å². The Balaban J connectivity index is 3.04. The minimum atomic E-state index is -3.52. The number of rotatable bonds is 4. The van der Waals surface area contributed by atoms with Gasteiger partial charge in [0, 0.05) is 20.3 Å². The van der Waals surface area contributed by atoms with E-state index in [4.69, 9.17) is 0 Å². The van der Waals surface area contributed by atoms with Crippen LogP contribution in [-0.2, 0) is 15.0 Å². The highest BCUT2D eigenvalue weighted by atomic mass is 32.2. The number of aromatic nitrogens is 2. The molecule has 0 bridgehead atoms. The second-order valence-corrected chi connectivity index (χ2v) is 4.96. The number of carbonyl (C=O) groups is 1. The van der Waals surface area contributed by atoms with Crippen molar-refractivity contribution in [2.75, 3.05) is 14.1 Å². The second kappa shape index (κ2) is 4.37. The number of nitrogens with zero attached hydrogens (tertiary/aromatic N) is 3. The summed E-state index contributed by atoms with van der Waals surface area (Å²) in [5.74, 6) is 0. The molecule has 1 rings (SSSR count). The summed E-state index contributed by atoms with van der Waals surface area (Å²) < 4.78 is 25.2. The van der Waals surface area contributed by atoms with Crippen LogP contribution >= 0.6 is 0 Å². The Morgan fingerprint density at radius 3 is 2.67 bits per heavy atom. The first-order valence-corrected chi connectivity index (χ1v) is 5.47. The molecule has 0 amide bonds. The molecule has 1 heterocycles. The highest BCUT2D eigenvalue weighted by Gasteiger charge is 2.15. The van der Waals surface area contributed by atoms with Gasteiger partial charge in [-0.1, -0.05) is 0 Å². The molecule has 0 fully saturated rings. The van der Waals surface area contributed by atoms with Crippen LogP contribution in [-0.4, -0.2) is 42.1 Å². The normalized spacial score (nSPS) is 12.5. The lowest BCUT2D eigenvalue weighted by molar-refractivity contribution is -0.104. The van der Waals surface area contributed by atoms with E-state index in [0.29, 0.717) is 12.0 Å².